The lowest BCUT2D eigenvalue weighted by atomic mass is 9.95. The van der Waals surface area contributed by atoms with Gasteiger partial charge in [0.2, 0.25) is 0 Å². The number of piperidine rings is 1. The first-order chi connectivity index (χ1) is 11.7. The highest BCUT2D eigenvalue weighted by atomic mass is 16.1. The number of para-hydroxylation sites is 1. The van der Waals surface area contributed by atoms with Crippen LogP contribution in [0.25, 0.3) is 0 Å². The van der Waals surface area contributed by atoms with Gasteiger partial charge in [0.05, 0.1) is 11.6 Å². The van der Waals surface area contributed by atoms with Crippen LogP contribution in [0.3, 0.4) is 0 Å². The molecule has 0 radical (unpaired) electrons. The van der Waals surface area contributed by atoms with Gasteiger partial charge in [-0.1, -0.05) is 31.2 Å². The lowest BCUT2D eigenvalue weighted by Gasteiger charge is -2.26. The molecule has 2 heterocycles. The number of likely N-dealkylation sites (tertiary alicyclic amines) is 1. The number of rotatable bonds is 7. The average Bonchev–Trinajstić information content (AvgIpc) is 3.00. The van der Waals surface area contributed by atoms with Gasteiger partial charge in [-0.2, -0.15) is 0 Å². The number of nitrogens with one attached hydrogen (secondary N) is 1. The van der Waals surface area contributed by atoms with Crippen molar-refractivity contribution in [2.45, 2.75) is 32.1 Å². The topological polar surface area (TPSA) is 35.6 Å². The van der Waals surface area contributed by atoms with Gasteiger partial charge < -0.3 is 15.1 Å². The van der Waals surface area contributed by atoms with E-state index in [0.717, 1.165) is 31.7 Å². The van der Waals surface area contributed by atoms with E-state index in [-0.39, 0.29) is 11.7 Å². The van der Waals surface area contributed by atoms with Crippen LogP contribution in [0, 0.1) is 0 Å². The Balaban J connectivity index is 1.55. The number of fused-ring (bicyclic) bond motifs is 1. The lowest BCUT2D eigenvalue weighted by Crippen LogP contribution is -2.37. The quantitative estimate of drug-likeness (QED) is 0.781. The summed E-state index contributed by atoms with van der Waals surface area (Å²) in [5.41, 5.74) is 2.90. The molecule has 1 fully saturated rings. The molecule has 130 valence electrons. The maximum absolute atomic E-state index is 12.8. The summed E-state index contributed by atoms with van der Waals surface area (Å²) in [4.78, 5) is 17.6. The second kappa shape index (κ2) is 7.84. The van der Waals surface area contributed by atoms with E-state index < -0.39 is 0 Å². The van der Waals surface area contributed by atoms with Crippen LogP contribution in [0.4, 0.5) is 5.69 Å². The molecule has 0 saturated carbocycles. The van der Waals surface area contributed by atoms with Crippen molar-refractivity contribution >= 4 is 11.5 Å². The molecule has 4 nitrogen and oxygen atoms in total. The van der Waals surface area contributed by atoms with E-state index in [2.05, 4.69) is 40.8 Å². The zero-order valence-corrected chi connectivity index (χ0v) is 14.8. The molecule has 1 unspecified atom stereocenters. The molecule has 4 heteroatoms. The molecular weight excluding hydrogens is 298 g/mol. The van der Waals surface area contributed by atoms with Gasteiger partial charge in [0.15, 0.2) is 5.78 Å². The largest absolute Gasteiger partial charge is 0.381 e. The SMILES string of the molecule is C=C(NCCN1CCCCC1)C(=O)C1CN(CC)c2ccccc21. The summed E-state index contributed by atoms with van der Waals surface area (Å²) < 4.78 is 0. The van der Waals surface area contributed by atoms with Crippen molar-refractivity contribution in [2.24, 2.45) is 0 Å². The van der Waals surface area contributed by atoms with Crippen LogP contribution in [0.1, 0.15) is 37.7 Å². The number of ketones is 1. The number of likely N-dealkylation sites (N-methyl/N-ethyl adjacent to an activating group) is 1. The first kappa shape index (κ1) is 17.0. The maximum Gasteiger partial charge on any atom is 0.187 e. The molecule has 1 aromatic carbocycles. The molecule has 1 N–H and O–H groups in total. The van der Waals surface area contributed by atoms with Gasteiger partial charge in [0.25, 0.3) is 0 Å². The molecule has 1 atom stereocenters. The molecule has 0 aromatic heterocycles. The van der Waals surface area contributed by atoms with E-state index in [9.17, 15) is 4.79 Å². The summed E-state index contributed by atoms with van der Waals surface area (Å²) >= 11 is 0. The van der Waals surface area contributed by atoms with Crippen LogP contribution in [0.5, 0.6) is 0 Å². The highest BCUT2D eigenvalue weighted by Crippen LogP contribution is 2.37. The summed E-state index contributed by atoms with van der Waals surface area (Å²) in [5, 5.41) is 3.27. The number of carbonyl (C=O) groups excluding carboxylic acids is 1. The molecule has 3 rings (SSSR count). The zero-order chi connectivity index (χ0) is 16.9. The minimum atomic E-state index is -0.0869. The second-order valence-corrected chi connectivity index (χ2v) is 6.82. The van der Waals surface area contributed by atoms with Crippen LogP contribution in [0.2, 0.25) is 0 Å². The third-order valence-corrected chi connectivity index (χ3v) is 5.27. The molecule has 2 aliphatic heterocycles. The van der Waals surface area contributed by atoms with Crippen molar-refractivity contribution in [1.82, 2.24) is 10.2 Å². The van der Waals surface area contributed by atoms with E-state index >= 15 is 0 Å². The van der Waals surface area contributed by atoms with Crippen LogP contribution in [-0.2, 0) is 4.79 Å². The summed E-state index contributed by atoms with van der Waals surface area (Å²) in [7, 11) is 0. The second-order valence-electron chi connectivity index (χ2n) is 6.82. The van der Waals surface area contributed by atoms with Gasteiger partial charge in [-0.3, -0.25) is 4.79 Å². The maximum atomic E-state index is 12.8. The molecule has 24 heavy (non-hydrogen) atoms. The number of Topliss-reactive ketones (excluding diaryl/α,β-unsaturated/α-hetero) is 1. The third kappa shape index (κ3) is 3.64. The van der Waals surface area contributed by atoms with E-state index in [1.807, 2.05) is 12.1 Å². The van der Waals surface area contributed by atoms with Gasteiger partial charge in [-0.15, -0.1) is 0 Å². The highest BCUT2D eigenvalue weighted by Gasteiger charge is 2.33. The molecule has 0 spiro atoms. The smallest absolute Gasteiger partial charge is 0.187 e. The minimum absolute atomic E-state index is 0.0869. The Hall–Kier alpha value is -1.81. The van der Waals surface area contributed by atoms with E-state index in [1.54, 1.807) is 0 Å². The minimum Gasteiger partial charge on any atom is -0.381 e. The van der Waals surface area contributed by atoms with Crippen LogP contribution in [-0.4, -0.2) is 50.0 Å². The highest BCUT2D eigenvalue weighted by molar-refractivity contribution is 6.01. The fourth-order valence-electron chi connectivity index (χ4n) is 3.86. The molecule has 1 aromatic rings. The first-order valence-corrected chi connectivity index (χ1v) is 9.24. The molecule has 2 aliphatic rings. The number of allylic oxidation sites excluding steroid dienone is 1. The number of hydrogen-bond donors (Lipinski definition) is 1. The summed E-state index contributed by atoms with van der Waals surface area (Å²) in [6, 6.07) is 8.25. The molecule has 0 bridgehead atoms. The van der Waals surface area contributed by atoms with E-state index in [0.29, 0.717) is 5.70 Å². The lowest BCUT2D eigenvalue weighted by molar-refractivity contribution is -0.117. The Kier molecular flexibility index (Phi) is 5.56. The van der Waals surface area contributed by atoms with Gasteiger partial charge in [-0.25, -0.2) is 0 Å². The van der Waals surface area contributed by atoms with Gasteiger partial charge in [0.1, 0.15) is 0 Å². The monoisotopic (exact) mass is 327 g/mol. The number of carbonyl (C=O) groups is 1. The van der Waals surface area contributed by atoms with Crippen molar-refractivity contribution in [2.75, 3.05) is 44.2 Å². The number of nitrogens with zero attached hydrogens (tertiary/aromatic N) is 2. The van der Waals surface area contributed by atoms with Crippen molar-refractivity contribution in [3.05, 3.63) is 42.1 Å². The normalized spacial score (nSPS) is 20.7. The summed E-state index contributed by atoms with van der Waals surface area (Å²) in [5.74, 6) is 0.0492. The van der Waals surface area contributed by atoms with Crippen LogP contribution in [0.15, 0.2) is 36.5 Å². The Bertz CT molecular complexity index is 592. The standard InChI is InChI=1S/C20H29N3O/c1-3-23-15-18(17-9-5-6-10-19(17)23)20(24)16(2)21-11-14-22-12-7-4-8-13-22/h5-6,9-10,18,21H,2-4,7-8,11-15H2,1H3. The summed E-state index contributed by atoms with van der Waals surface area (Å²) in [6.45, 7) is 12.0. The van der Waals surface area contributed by atoms with E-state index in [1.165, 1.54) is 38.0 Å². The van der Waals surface area contributed by atoms with Crippen molar-refractivity contribution in [1.29, 1.82) is 0 Å². The van der Waals surface area contributed by atoms with Crippen LogP contribution >= 0.6 is 0 Å². The van der Waals surface area contributed by atoms with Gasteiger partial charge in [0, 0.05) is 31.9 Å². The zero-order valence-electron chi connectivity index (χ0n) is 14.8. The molecule has 0 amide bonds. The predicted octanol–water partition coefficient (Wildman–Crippen LogP) is 2.77. The van der Waals surface area contributed by atoms with Crippen LogP contribution < -0.4 is 10.2 Å². The Morgan fingerprint density at radius 1 is 1.25 bits per heavy atom. The number of benzene rings is 1. The Morgan fingerprint density at radius 3 is 2.75 bits per heavy atom. The molecular formula is C20H29N3O. The van der Waals surface area contributed by atoms with Crippen molar-refractivity contribution < 1.29 is 4.79 Å². The third-order valence-electron chi connectivity index (χ3n) is 5.27. The fourth-order valence-corrected chi connectivity index (χ4v) is 3.86. The summed E-state index contributed by atoms with van der Waals surface area (Å²) in [6.07, 6.45) is 3.95. The van der Waals surface area contributed by atoms with Crippen molar-refractivity contribution in [3.63, 3.8) is 0 Å². The number of hydrogen-bond acceptors (Lipinski definition) is 4. The predicted molar refractivity (Wildman–Crippen MR) is 99.5 cm³/mol. The van der Waals surface area contributed by atoms with Gasteiger partial charge in [-0.05, 0) is 44.5 Å². The van der Waals surface area contributed by atoms with E-state index in [4.69, 9.17) is 0 Å². The Morgan fingerprint density at radius 2 is 2.00 bits per heavy atom. The number of anilines is 1. The van der Waals surface area contributed by atoms with Crippen molar-refractivity contribution in [3.8, 4) is 0 Å². The fraction of sp³-hybridized carbons (Fsp3) is 0.550. The molecule has 1 saturated heterocycles. The Labute approximate surface area is 145 Å². The first-order valence-electron chi connectivity index (χ1n) is 9.24. The average molecular weight is 327 g/mol. The molecule has 0 aliphatic carbocycles. The van der Waals surface area contributed by atoms with Gasteiger partial charge >= 0.3 is 0 Å².